The Morgan fingerprint density at radius 2 is 1.87 bits per heavy atom. The van der Waals surface area contributed by atoms with Gasteiger partial charge >= 0.3 is 0 Å². The molecule has 1 N–H and O–H groups in total. The van der Waals surface area contributed by atoms with E-state index in [1.807, 2.05) is 19.1 Å². The number of halogens is 2. The molecular weight excluding hydrogens is 423 g/mol. The van der Waals surface area contributed by atoms with Crippen LogP contribution in [0.25, 0.3) is 0 Å². The van der Waals surface area contributed by atoms with Gasteiger partial charge in [0.05, 0.1) is 11.4 Å². The second kappa shape index (κ2) is 8.50. The van der Waals surface area contributed by atoms with Crippen molar-refractivity contribution < 1.29 is 14.0 Å². The Morgan fingerprint density at radius 3 is 2.63 bits per heavy atom. The Hall–Kier alpha value is -2.83. The highest BCUT2D eigenvalue weighted by Crippen LogP contribution is 2.45. The molecule has 7 heteroatoms. The van der Waals surface area contributed by atoms with Crippen molar-refractivity contribution in [2.24, 2.45) is 0 Å². The molecule has 3 aromatic carbocycles. The number of carbonyl (C=O) groups is 2. The molecule has 30 heavy (non-hydrogen) atoms. The molecule has 0 aliphatic carbocycles. The van der Waals surface area contributed by atoms with Crippen molar-refractivity contribution in [1.29, 1.82) is 0 Å². The summed E-state index contributed by atoms with van der Waals surface area (Å²) in [6, 6.07) is 18.5. The number of para-hydroxylation sites is 1. The van der Waals surface area contributed by atoms with E-state index in [2.05, 4.69) is 5.32 Å². The van der Waals surface area contributed by atoms with E-state index in [0.29, 0.717) is 16.3 Å². The molecule has 1 aliphatic heterocycles. The molecule has 0 spiro atoms. The lowest BCUT2D eigenvalue weighted by atomic mass is 10.1. The maximum Gasteiger partial charge on any atom is 0.255 e. The number of hydrogen-bond acceptors (Lipinski definition) is 3. The maximum absolute atomic E-state index is 14.6. The zero-order valence-corrected chi connectivity index (χ0v) is 17.6. The summed E-state index contributed by atoms with van der Waals surface area (Å²) in [5.41, 5.74) is 2.87. The molecule has 0 bridgehead atoms. The fourth-order valence-electron chi connectivity index (χ4n) is 3.34. The molecule has 152 valence electrons. The van der Waals surface area contributed by atoms with Crippen molar-refractivity contribution >= 4 is 46.6 Å². The highest BCUT2D eigenvalue weighted by molar-refractivity contribution is 8.00. The van der Waals surface area contributed by atoms with Gasteiger partial charge in [-0.3, -0.25) is 14.5 Å². The zero-order valence-electron chi connectivity index (χ0n) is 16.1. The summed E-state index contributed by atoms with van der Waals surface area (Å²) in [6.45, 7) is 1.85. The van der Waals surface area contributed by atoms with Crippen LogP contribution in [0.2, 0.25) is 5.02 Å². The van der Waals surface area contributed by atoms with E-state index in [4.69, 9.17) is 11.6 Å². The second-order valence-corrected chi connectivity index (χ2v) is 8.44. The lowest BCUT2D eigenvalue weighted by Crippen LogP contribution is -2.29. The minimum Gasteiger partial charge on any atom is -0.322 e. The number of nitrogens with zero attached hydrogens (tertiary/aromatic N) is 1. The number of aryl methyl sites for hydroxylation is 1. The Morgan fingerprint density at radius 1 is 1.13 bits per heavy atom. The standard InChI is InChI=1S/C23H18ClFN2O2S/c1-14-6-11-18(25)20(12-14)27-21(28)13-30-23(27)17-4-2-3-5-19(17)26-22(29)15-7-9-16(24)10-8-15/h2-12,23H,13H2,1H3,(H,26,29). The van der Waals surface area contributed by atoms with E-state index >= 15 is 0 Å². The molecule has 4 nitrogen and oxygen atoms in total. The predicted octanol–water partition coefficient (Wildman–Crippen LogP) is 5.82. The molecule has 1 atom stereocenters. The fourth-order valence-corrected chi connectivity index (χ4v) is 4.67. The van der Waals surface area contributed by atoms with Crippen LogP contribution >= 0.6 is 23.4 Å². The van der Waals surface area contributed by atoms with Crippen molar-refractivity contribution in [3.05, 3.63) is 94.3 Å². The average molecular weight is 441 g/mol. The van der Waals surface area contributed by atoms with Crippen molar-refractivity contribution in [3.63, 3.8) is 0 Å². The summed E-state index contributed by atoms with van der Waals surface area (Å²) in [6.07, 6.45) is 0. The van der Waals surface area contributed by atoms with Gasteiger partial charge in [-0.05, 0) is 55.0 Å². The second-order valence-electron chi connectivity index (χ2n) is 6.93. The van der Waals surface area contributed by atoms with Gasteiger partial charge in [-0.25, -0.2) is 4.39 Å². The number of carbonyl (C=O) groups excluding carboxylic acids is 2. The van der Waals surface area contributed by atoms with Crippen LogP contribution in [0, 0.1) is 12.7 Å². The minimum atomic E-state index is -0.455. The number of thioether (sulfide) groups is 1. The van der Waals surface area contributed by atoms with Gasteiger partial charge in [-0.2, -0.15) is 0 Å². The highest BCUT2D eigenvalue weighted by atomic mass is 35.5. The van der Waals surface area contributed by atoms with Crippen LogP contribution in [-0.4, -0.2) is 17.6 Å². The van der Waals surface area contributed by atoms with Gasteiger partial charge in [-0.15, -0.1) is 11.8 Å². The molecule has 0 aromatic heterocycles. The van der Waals surface area contributed by atoms with Crippen LogP contribution in [0.3, 0.4) is 0 Å². The quantitative estimate of drug-likeness (QED) is 0.556. The average Bonchev–Trinajstić information content (AvgIpc) is 3.11. The van der Waals surface area contributed by atoms with Crippen LogP contribution in [0.15, 0.2) is 66.7 Å². The smallest absolute Gasteiger partial charge is 0.255 e. The molecule has 1 heterocycles. The molecule has 1 saturated heterocycles. The van der Waals surface area contributed by atoms with E-state index < -0.39 is 11.2 Å². The molecule has 1 fully saturated rings. The van der Waals surface area contributed by atoms with Gasteiger partial charge in [0, 0.05) is 21.8 Å². The number of nitrogens with one attached hydrogen (secondary N) is 1. The van der Waals surface area contributed by atoms with Gasteiger partial charge in [0.15, 0.2) is 0 Å². The van der Waals surface area contributed by atoms with Gasteiger partial charge in [0.1, 0.15) is 11.2 Å². The number of benzene rings is 3. The van der Waals surface area contributed by atoms with Crippen LogP contribution in [0.1, 0.15) is 26.9 Å². The summed E-state index contributed by atoms with van der Waals surface area (Å²) in [5.74, 6) is -0.684. The summed E-state index contributed by atoms with van der Waals surface area (Å²) in [7, 11) is 0. The van der Waals surface area contributed by atoms with Crippen molar-refractivity contribution in [2.75, 3.05) is 16.0 Å². The largest absolute Gasteiger partial charge is 0.322 e. The SMILES string of the molecule is Cc1ccc(F)c(N2C(=O)CSC2c2ccccc2NC(=O)c2ccc(Cl)cc2)c1. The van der Waals surface area contributed by atoms with E-state index in [-0.39, 0.29) is 23.3 Å². The first kappa shape index (κ1) is 20.4. The van der Waals surface area contributed by atoms with Crippen LogP contribution in [0.5, 0.6) is 0 Å². The van der Waals surface area contributed by atoms with Gasteiger partial charge in [0.25, 0.3) is 5.91 Å². The molecule has 3 aromatic rings. The predicted molar refractivity (Wildman–Crippen MR) is 120 cm³/mol. The summed E-state index contributed by atoms with van der Waals surface area (Å²) < 4.78 is 14.6. The molecule has 2 amide bonds. The zero-order chi connectivity index (χ0) is 21.3. The van der Waals surface area contributed by atoms with Crippen molar-refractivity contribution in [1.82, 2.24) is 0 Å². The monoisotopic (exact) mass is 440 g/mol. The maximum atomic E-state index is 14.6. The van der Waals surface area contributed by atoms with Crippen molar-refractivity contribution in [3.8, 4) is 0 Å². The van der Waals surface area contributed by atoms with Crippen LogP contribution < -0.4 is 10.2 Å². The van der Waals surface area contributed by atoms with Gasteiger partial charge in [0.2, 0.25) is 5.91 Å². The molecule has 0 saturated carbocycles. The lowest BCUT2D eigenvalue weighted by Gasteiger charge is -2.26. The van der Waals surface area contributed by atoms with Crippen molar-refractivity contribution in [2.45, 2.75) is 12.3 Å². The van der Waals surface area contributed by atoms with Gasteiger partial charge < -0.3 is 5.32 Å². The normalized spacial score (nSPS) is 16.0. The Labute approximate surface area is 183 Å². The van der Waals surface area contributed by atoms with E-state index in [9.17, 15) is 14.0 Å². The summed E-state index contributed by atoms with van der Waals surface area (Å²) in [5, 5.41) is 3.01. The fraction of sp³-hybridized carbons (Fsp3) is 0.130. The molecule has 1 unspecified atom stereocenters. The van der Waals surface area contributed by atoms with E-state index in [1.165, 1.54) is 22.7 Å². The third kappa shape index (κ3) is 4.06. The van der Waals surface area contributed by atoms with Gasteiger partial charge in [-0.1, -0.05) is 35.9 Å². The third-order valence-electron chi connectivity index (χ3n) is 4.81. The molecular formula is C23H18ClFN2O2S. The van der Waals surface area contributed by atoms with E-state index in [0.717, 1.165) is 11.1 Å². The lowest BCUT2D eigenvalue weighted by molar-refractivity contribution is -0.115. The first-order chi connectivity index (χ1) is 14.4. The Kier molecular flexibility index (Phi) is 5.79. The first-order valence-corrected chi connectivity index (χ1v) is 10.7. The van der Waals surface area contributed by atoms with E-state index in [1.54, 1.807) is 48.5 Å². The van der Waals surface area contributed by atoms with Crippen LogP contribution in [-0.2, 0) is 4.79 Å². The topological polar surface area (TPSA) is 49.4 Å². The number of hydrogen-bond donors (Lipinski definition) is 1. The number of rotatable bonds is 4. The Balaban J connectivity index is 1.68. The molecule has 1 aliphatic rings. The number of anilines is 2. The highest BCUT2D eigenvalue weighted by Gasteiger charge is 2.36. The molecule has 0 radical (unpaired) electrons. The molecule has 4 rings (SSSR count). The minimum absolute atomic E-state index is 0.173. The first-order valence-electron chi connectivity index (χ1n) is 9.29. The third-order valence-corrected chi connectivity index (χ3v) is 6.26. The summed E-state index contributed by atoms with van der Waals surface area (Å²) in [4.78, 5) is 26.8. The van der Waals surface area contributed by atoms with Crippen LogP contribution in [0.4, 0.5) is 15.8 Å². The Bertz CT molecular complexity index is 1120. The number of amides is 2. The summed E-state index contributed by atoms with van der Waals surface area (Å²) >= 11 is 7.30.